The minimum absolute atomic E-state index is 0.0833. The number of hydrogen-bond donors (Lipinski definition) is 1. The standard InChI is InChI=1S/C18H22F3NO2.C8H4F6.C2H6.CH4O/c19-18(20,21)16-7-6-14(10-13-4-2-1-3-5-13)15(11-16)12-22-8-9-24-17(22)23;9-7(10,11)5-2-1-3-6(4-5)8(12,13)14;2*1-2/h6-7,11,13H,1-5,8-10,12H2;1-4H;1-2H3;2H,1H3. The topological polar surface area (TPSA) is 49.8 Å². The molecule has 4 rings (SSSR count). The second kappa shape index (κ2) is 16.6. The van der Waals surface area contributed by atoms with Gasteiger partial charge in [-0.05, 0) is 53.8 Å². The summed E-state index contributed by atoms with van der Waals surface area (Å²) in [5, 5.41) is 7.00. The number of nitrogens with zero attached hydrogens (tertiary/aromatic N) is 1. The molecule has 1 N–H and O–H groups in total. The fraction of sp³-hybridized carbons (Fsp3) is 0.552. The summed E-state index contributed by atoms with van der Waals surface area (Å²) in [4.78, 5) is 13.1. The normalized spacial score (nSPS) is 15.8. The molecule has 4 nitrogen and oxygen atoms in total. The Labute approximate surface area is 239 Å². The molecule has 0 radical (unpaired) electrons. The van der Waals surface area contributed by atoms with E-state index < -0.39 is 41.3 Å². The van der Waals surface area contributed by atoms with Crippen LogP contribution in [-0.4, -0.2) is 36.4 Å². The highest BCUT2D eigenvalue weighted by atomic mass is 19.4. The lowest BCUT2D eigenvalue weighted by atomic mass is 9.83. The van der Waals surface area contributed by atoms with Crippen LogP contribution < -0.4 is 0 Å². The van der Waals surface area contributed by atoms with Crippen molar-refractivity contribution in [1.29, 1.82) is 0 Å². The molecule has 1 amide bonds. The van der Waals surface area contributed by atoms with Crippen molar-refractivity contribution in [3.8, 4) is 0 Å². The average Bonchev–Trinajstić information content (AvgIpc) is 3.35. The molecule has 0 atom stereocenters. The molecule has 2 aromatic carbocycles. The van der Waals surface area contributed by atoms with Crippen LogP contribution >= 0.6 is 0 Å². The zero-order valence-corrected chi connectivity index (χ0v) is 23.6. The van der Waals surface area contributed by atoms with Crippen LogP contribution in [0.3, 0.4) is 0 Å². The second-order valence-electron chi connectivity index (χ2n) is 9.30. The summed E-state index contributed by atoms with van der Waals surface area (Å²) in [6.45, 7) is 4.92. The van der Waals surface area contributed by atoms with Crippen LogP contribution in [0.5, 0.6) is 0 Å². The van der Waals surface area contributed by atoms with E-state index in [1.54, 1.807) is 6.07 Å². The van der Waals surface area contributed by atoms with Gasteiger partial charge in [0.05, 0.1) is 23.2 Å². The molecule has 0 bridgehead atoms. The van der Waals surface area contributed by atoms with E-state index in [0.29, 0.717) is 36.8 Å². The van der Waals surface area contributed by atoms with Gasteiger partial charge in [-0.2, -0.15) is 39.5 Å². The minimum atomic E-state index is -4.75. The number of aliphatic hydroxyl groups excluding tert-OH is 1. The van der Waals surface area contributed by atoms with E-state index in [1.807, 2.05) is 13.8 Å². The highest BCUT2D eigenvalue weighted by molar-refractivity contribution is 5.69. The highest BCUT2D eigenvalue weighted by Gasteiger charge is 2.36. The molecule has 13 heteroatoms. The van der Waals surface area contributed by atoms with Crippen LogP contribution in [0.4, 0.5) is 44.3 Å². The predicted octanol–water partition coefficient (Wildman–Crippen LogP) is 9.14. The SMILES string of the molecule is CC.CO.FC(F)(F)c1cccc(C(F)(F)F)c1.O=C1OCCN1Cc1cc(C(F)(F)F)ccc1CC1CCCCC1. The molecule has 238 valence electrons. The predicted molar refractivity (Wildman–Crippen MR) is 139 cm³/mol. The first kappa shape index (κ1) is 37.1. The summed E-state index contributed by atoms with van der Waals surface area (Å²) in [5.41, 5.74) is -1.74. The number of carbonyl (C=O) groups excluding carboxylic acids is 1. The van der Waals surface area contributed by atoms with Gasteiger partial charge in [0.15, 0.2) is 0 Å². The number of amides is 1. The van der Waals surface area contributed by atoms with Gasteiger partial charge in [-0.15, -0.1) is 0 Å². The Hall–Kier alpha value is -2.96. The maximum Gasteiger partial charge on any atom is 0.416 e. The van der Waals surface area contributed by atoms with E-state index in [9.17, 15) is 44.3 Å². The number of hydrogen-bond acceptors (Lipinski definition) is 3. The van der Waals surface area contributed by atoms with E-state index in [0.717, 1.165) is 44.1 Å². The smallest absolute Gasteiger partial charge is 0.416 e. The molecular formula is C29H36F9NO3. The third-order valence-electron chi connectivity index (χ3n) is 6.49. The van der Waals surface area contributed by atoms with Gasteiger partial charge in [0, 0.05) is 13.7 Å². The molecule has 0 aromatic heterocycles. The molecule has 1 aliphatic carbocycles. The summed E-state index contributed by atoms with van der Waals surface area (Å²) in [5.74, 6) is 0.528. The lowest BCUT2D eigenvalue weighted by molar-refractivity contribution is -0.143. The zero-order valence-electron chi connectivity index (χ0n) is 23.6. The van der Waals surface area contributed by atoms with Crippen molar-refractivity contribution in [3.05, 3.63) is 70.3 Å². The zero-order chi connectivity index (χ0) is 32.1. The summed E-state index contributed by atoms with van der Waals surface area (Å²) < 4.78 is 116. The molecule has 1 saturated heterocycles. The van der Waals surface area contributed by atoms with E-state index in [1.165, 1.54) is 30.2 Å². The summed E-state index contributed by atoms with van der Waals surface area (Å²) in [7, 11) is 1.00. The molecule has 2 fully saturated rings. The molecule has 2 aliphatic rings. The monoisotopic (exact) mass is 617 g/mol. The van der Waals surface area contributed by atoms with Gasteiger partial charge in [-0.3, -0.25) is 0 Å². The van der Waals surface area contributed by atoms with Crippen molar-refractivity contribution in [1.82, 2.24) is 4.90 Å². The van der Waals surface area contributed by atoms with Gasteiger partial charge < -0.3 is 14.7 Å². The lowest BCUT2D eigenvalue weighted by Crippen LogP contribution is -2.25. The number of halogens is 9. The van der Waals surface area contributed by atoms with E-state index in [4.69, 9.17) is 9.84 Å². The highest BCUT2D eigenvalue weighted by Crippen LogP contribution is 2.35. The molecule has 42 heavy (non-hydrogen) atoms. The molecule has 0 spiro atoms. The summed E-state index contributed by atoms with van der Waals surface area (Å²) in [6, 6.07) is 5.94. The maximum absolute atomic E-state index is 13.0. The molecule has 2 aromatic rings. The Morgan fingerprint density at radius 1 is 0.762 bits per heavy atom. The summed E-state index contributed by atoms with van der Waals surface area (Å²) >= 11 is 0. The van der Waals surface area contributed by atoms with Gasteiger partial charge in [0.1, 0.15) is 6.61 Å². The number of carbonyl (C=O) groups is 1. The third-order valence-corrected chi connectivity index (χ3v) is 6.49. The van der Waals surface area contributed by atoms with Crippen molar-refractivity contribution in [2.45, 2.75) is 77.4 Å². The average molecular weight is 618 g/mol. The van der Waals surface area contributed by atoms with Crippen LogP contribution in [0.25, 0.3) is 0 Å². The van der Waals surface area contributed by atoms with E-state index in [2.05, 4.69) is 0 Å². The second-order valence-corrected chi connectivity index (χ2v) is 9.30. The maximum atomic E-state index is 13.0. The largest absolute Gasteiger partial charge is 0.448 e. The van der Waals surface area contributed by atoms with Gasteiger partial charge in [-0.25, -0.2) is 4.79 Å². The van der Waals surface area contributed by atoms with Crippen LogP contribution in [-0.2, 0) is 36.2 Å². The molecular weight excluding hydrogens is 581 g/mol. The molecule has 0 unspecified atom stereocenters. The van der Waals surface area contributed by atoms with Crippen LogP contribution in [0.15, 0.2) is 42.5 Å². The van der Waals surface area contributed by atoms with Crippen LogP contribution in [0, 0.1) is 5.92 Å². The molecule has 1 saturated carbocycles. The Morgan fingerprint density at radius 3 is 1.71 bits per heavy atom. The van der Waals surface area contributed by atoms with Crippen molar-refractivity contribution < 1.29 is 54.2 Å². The minimum Gasteiger partial charge on any atom is -0.448 e. The van der Waals surface area contributed by atoms with Crippen molar-refractivity contribution in [3.63, 3.8) is 0 Å². The third kappa shape index (κ3) is 11.7. The van der Waals surface area contributed by atoms with Crippen LogP contribution in [0.1, 0.15) is 73.8 Å². The number of aliphatic hydroxyl groups is 1. The summed E-state index contributed by atoms with van der Waals surface area (Å²) in [6.07, 6.45) is -7.63. The van der Waals surface area contributed by atoms with Gasteiger partial charge in [-0.1, -0.05) is 58.1 Å². The Balaban J connectivity index is 0.000000419. The van der Waals surface area contributed by atoms with Gasteiger partial charge in [0.2, 0.25) is 0 Å². The number of alkyl halides is 9. The van der Waals surface area contributed by atoms with Crippen molar-refractivity contribution in [2.75, 3.05) is 20.3 Å². The van der Waals surface area contributed by atoms with E-state index >= 15 is 0 Å². The Bertz CT molecular complexity index is 1060. The number of benzene rings is 2. The number of ether oxygens (including phenoxy) is 1. The van der Waals surface area contributed by atoms with Crippen molar-refractivity contribution >= 4 is 6.09 Å². The fourth-order valence-corrected chi connectivity index (χ4v) is 4.50. The molecule has 1 aliphatic heterocycles. The molecule has 1 heterocycles. The first-order valence-electron chi connectivity index (χ1n) is 13.4. The first-order chi connectivity index (χ1) is 19.6. The van der Waals surface area contributed by atoms with Gasteiger partial charge >= 0.3 is 24.6 Å². The van der Waals surface area contributed by atoms with Crippen LogP contribution in [0.2, 0.25) is 0 Å². The fourth-order valence-electron chi connectivity index (χ4n) is 4.50. The van der Waals surface area contributed by atoms with Gasteiger partial charge in [0.25, 0.3) is 0 Å². The number of rotatable bonds is 4. The lowest BCUT2D eigenvalue weighted by Gasteiger charge is -2.24. The first-order valence-corrected chi connectivity index (χ1v) is 13.4. The quantitative estimate of drug-likeness (QED) is 0.348. The Morgan fingerprint density at radius 2 is 1.26 bits per heavy atom. The van der Waals surface area contributed by atoms with Crippen molar-refractivity contribution in [2.24, 2.45) is 5.92 Å². The van der Waals surface area contributed by atoms with E-state index in [-0.39, 0.29) is 12.6 Å². The number of cyclic esters (lactones) is 1. The Kier molecular flexibility index (Phi) is 14.7.